The molecule has 0 aliphatic carbocycles. The molecule has 8 heteroatoms. The molecule has 0 saturated heterocycles. The fourth-order valence-electron chi connectivity index (χ4n) is 1.79. The number of halogens is 2. The van der Waals surface area contributed by atoms with E-state index in [1.165, 1.54) is 30.3 Å². The number of rotatable bonds is 6. The standard InChI is InChI=1S/C15H14Cl2N2O3S/c16-12-4-6-14(7-5-12)23(21,22)19-9-8-18-15(20)11-2-1-3-13(17)10-11/h1-7,10,19H,8-9H2,(H,18,20). The maximum absolute atomic E-state index is 12.0. The normalized spacial score (nSPS) is 11.2. The maximum Gasteiger partial charge on any atom is 0.251 e. The molecule has 0 heterocycles. The average Bonchev–Trinajstić information content (AvgIpc) is 2.52. The molecule has 0 aliphatic heterocycles. The number of amides is 1. The van der Waals surface area contributed by atoms with Gasteiger partial charge >= 0.3 is 0 Å². The summed E-state index contributed by atoms with van der Waals surface area (Å²) in [5.74, 6) is -0.321. The maximum atomic E-state index is 12.0. The Hall–Kier alpha value is -1.60. The first-order valence-electron chi connectivity index (χ1n) is 6.67. The molecule has 23 heavy (non-hydrogen) atoms. The number of hydrogen-bond acceptors (Lipinski definition) is 3. The Balaban J connectivity index is 1.85. The first-order chi connectivity index (χ1) is 10.9. The fraction of sp³-hybridized carbons (Fsp3) is 0.133. The van der Waals surface area contributed by atoms with Gasteiger partial charge in [0.15, 0.2) is 0 Å². The topological polar surface area (TPSA) is 75.3 Å². The molecular weight excluding hydrogens is 359 g/mol. The molecular formula is C15H14Cl2N2O3S. The molecule has 0 fully saturated rings. The molecule has 0 atom stereocenters. The molecule has 0 aromatic heterocycles. The van der Waals surface area contributed by atoms with Crippen molar-refractivity contribution in [1.82, 2.24) is 10.0 Å². The Morgan fingerprint density at radius 2 is 1.65 bits per heavy atom. The molecule has 0 unspecified atom stereocenters. The van der Waals surface area contributed by atoms with E-state index in [2.05, 4.69) is 10.0 Å². The predicted octanol–water partition coefficient (Wildman–Crippen LogP) is 2.70. The molecule has 0 radical (unpaired) electrons. The fourth-order valence-corrected chi connectivity index (χ4v) is 3.14. The highest BCUT2D eigenvalue weighted by atomic mass is 35.5. The molecule has 0 spiro atoms. The first kappa shape index (κ1) is 17.7. The van der Waals surface area contributed by atoms with Gasteiger partial charge in [-0.2, -0.15) is 0 Å². The number of benzene rings is 2. The van der Waals surface area contributed by atoms with Gasteiger partial charge in [0.25, 0.3) is 5.91 Å². The van der Waals surface area contributed by atoms with E-state index < -0.39 is 10.0 Å². The Kier molecular flexibility index (Phi) is 6.01. The third kappa shape index (κ3) is 5.21. The van der Waals surface area contributed by atoms with Crippen LogP contribution < -0.4 is 10.0 Å². The Morgan fingerprint density at radius 1 is 0.957 bits per heavy atom. The number of nitrogens with one attached hydrogen (secondary N) is 2. The molecule has 0 saturated carbocycles. The molecule has 2 aromatic carbocycles. The third-order valence-electron chi connectivity index (χ3n) is 2.91. The predicted molar refractivity (Wildman–Crippen MR) is 90.4 cm³/mol. The Labute approximate surface area is 144 Å². The summed E-state index contributed by atoms with van der Waals surface area (Å²) >= 11 is 11.5. The van der Waals surface area contributed by atoms with Crippen molar-refractivity contribution in [3.05, 3.63) is 64.1 Å². The van der Waals surface area contributed by atoms with Crippen LogP contribution >= 0.6 is 23.2 Å². The minimum absolute atomic E-state index is 0.0667. The molecule has 2 rings (SSSR count). The zero-order chi connectivity index (χ0) is 16.9. The second-order valence-electron chi connectivity index (χ2n) is 4.62. The van der Waals surface area contributed by atoms with Crippen LogP contribution in [0, 0.1) is 0 Å². The minimum Gasteiger partial charge on any atom is -0.351 e. The summed E-state index contributed by atoms with van der Waals surface area (Å²) in [5, 5.41) is 3.53. The summed E-state index contributed by atoms with van der Waals surface area (Å²) in [6.45, 7) is 0.218. The van der Waals surface area contributed by atoms with E-state index in [1.807, 2.05) is 0 Å². The van der Waals surface area contributed by atoms with Crippen LogP contribution in [0.4, 0.5) is 0 Å². The van der Waals surface area contributed by atoms with Gasteiger partial charge < -0.3 is 5.32 Å². The molecule has 0 bridgehead atoms. The van der Waals surface area contributed by atoms with Crippen molar-refractivity contribution in [2.75, 3.05) is 13.1 Å². The van der Waals surface area contributed by atoms with Gasteiger partial charge in [-0.05, 0) is 42.5 Å². The van der Waals surface area contributed by atoms with Crippen molar-refractivity contribution in [3.63, 3.8) is 0 Å². The SMILES string of the molecule is O=C(NCCNS(=O)(=O)c1ccc(Cl)cc1)c1cccc(Cl)c1. The zero-order valence-electron chi connectivity index (χ0n) is 11.9. The van der Waals surface area contributed by atoms with Crippen LogP contribution in [-0.4, -0.2) is 27.4 Å². The van der Waals surface area contributed by atoms with E-state index in [0.717, 1.165) is 0 Å². The minimum atomic E-state index is -3.63. The van der Waals surface area contributed by atoms with E-state index in [4.69, 9.17) is 23.2 Å². The van der Waals surface area contributed by atoms with Gasteiger partial charge in [-0.3, -0.25) is 4.79 Å². The summed E-state index contributed by atoms with van der Waals surface area (Å²) < 4.78 is 26.4. The summed E-state index contributed by atoms with van der Waals surface area (Å²) in [7, 11) is -3.63. The number of carbonyl (C=O) groups excluding carboxylic acids is 1. The number of sulfonamides is 1. The lowest BCUT2D eigenvalue weighted by molar-refractivity contribution is 0.0954. The van der Waals surface area contributed by atoms with E-state index in [0.29, 0.717) is 15.6 Å². The third-order valence-corrected chi connectivity index (χ3v) is 4.88. The highest BCUT2D eigenvalue weighted by Crippen LogP contribution is 2.13. The van der Waals surface area contributed by atoms with Crippen molar-refractivity contribution in [2.45, 2.75) is 4.90 Å². The van der Waals surface area contributed by atoms with Crippen LogP contribution in [0.1, 0.15) is 10.4 Å². The van der Waals surface area contributed by atoms with Crippen LogP contribution in [-0.2, 0) is 10.0 Å². The average molecular weight is 373 g/mol. The van der Waals surface area contributed by atoms with Crippen LogP contribution in [0.5, 0.6) is 0 Å². The number of hydrogen-bond donors (Lipinski definition) is 2. The summed E-state index contributed by atoms with van der Waals surface area (Å²) in [6, 6.07) is 12.3. The Morgan fingerprint density at radius 3 is 2.30 bits per heavy atom. The van der Waals surface area contributed by atoms with Gasteiger partial charge in [-0.15, -0.1) is 0 Å². The van der Waals surface area contributed by atoms with Crippen LogP contribution in [0.2, 0.25) is 10.0 Å². The van der Waals surface area contributed by atoms with Gasteiger partial charge in [0.05, 0.1) is 4.90 Å². The lowest BCUT2D eigenvalue weighted by Gasteiger charge is -2.08. The van der Waals surface area contributed by atoms with Crippen LogP contribution in [0.3, 0.4) is 0 Å². The van der Waals surface area contributed by atoms with Crippen LogP contribution in [0.25, 0.3) is 0 Å². The second kappa shape index (κ2) is 7.79. The molecule has 2 aromatic rings. The Bertz CT molecular complexity index is 793. The molecule has 122 valence electrons. The van der Waals surface area contributed by atoms with Crippen molar-refractivity contribution in [3.8, 4) is 0 Å². The van der Waals surface area contributed by atoms with Gasteiger partial charge in [0, 0.05) is 28.7 Å². The second-order valence-corrected chi connectivity index (χ2v) is 7.26. The van der Waals surface area contributed by atoms with Gasteiger partial charge in [-0.1, -0.05) is 29.3 Å². The van der Waals surface area contributed by atoms with Crippen molar-refractivity contribution < 1.29 is 13.2 Å². The van der Waals surface area contributed by atoms with Gasteiger partial charge in [0.1, 0.15) is 0 Å². The van der Waals surface area contributed by atoms with Crippen molar-refractivity contribution >= 4 is 39.1 Å². The van der Waals surface area contributed by atoms with E-state index in [9.17, 15) is 13.2 Å². The quantitative estimate of drug-likeness (QED) is 0.765. The zero-order valence-corrected chi connectivity index (χ0v) is 14.3. The first-order valence-corrected chi connectivity index (χ1v) is 8.91. The molecule has 5 nitrogen and oxygen atoms in total. The molecule has 0 aliphatic rings. The summed E-state index contributed by atoms with van der Waals surface area (Å²) in [4.78, 5) is 12.0. The monoisotopic (exact) mass is 372 g/mol. The lowest BCUT2D eigenvalue weighted by atomic mass is 10.2. The van der Waals surface area contributed by atoms with E-state index in [-0.39, 0.29) is 23.9 Å². The molecule has 1 amide bonds. The van der Waals surface area contributed by atoms with Crippen LogP contribution in [0.15, 0.2) is 53.4 Å². The highest BCUT2D eigenvalue weighted by Gasteiger charge is 2.13. The smallest absolute Gasteiger partial charge is 0.251 e. The van der Waals surface area contributed by atoms with E-state index >= 15 is 0 Å². The van der Waals surface area contributed by atoms with Gasteiger partial charge in [-0.25, -0.2) is 13.1 Å². The molecule has 2 N–H and O–H groups in total. The van der Waals surface area contributed by atoms with Gasteiger partial charge in [0.2, 0.25) is 10.0 Å². The lowest BCUT2D eigenvalue weighted by Crippen LogP contribution is -2.34. The van der Waals surface area contributed by atoms with E-state index in [1.54, 1.807) is 18.2 Å². The summed E-state index contributed by atoms with van der Waals surface area (Å²) in [6.07, 6.45) is 0. The van der Waals surface area contributed by atoms with Crippen molar-refractivity contribution in [1.29, 1.82) is 0 Å². The highest BCUT2D eigenvalue weighted by molar-refractivity contribution is 7.89. The number of carbonyl (C=O) groups is 1. The largest absolute Gasteiger partial charge is 0.351 e. The summed E-state index contributed by atoms with van der Waals surface area (Å²) in [5.41, 5.74) is 0.415. The van der Waals surface area contributed by atoms with Crippen molar-refractivity contribution in [2.24, 2.45) is 0 Å².